The van der Waals surface area contributed by atoms with Crippen molar-refractivity contribution in [3.05, 3.63) is 38.0 Å². The van der Waals surface area contributed by atoms with Gasteiger partial charge in [-0.1, -0.05) is 0 Å². The number of hydrogen-bond acceptors (Lipinski definition) is 7. The molecule has 28 heavy (non-hydrogen) atoms. The standard InChI is InChI=1S/C18H22N4O5S/c1-4-21-9-12(22(25)26)15(20-21)16(23)19-17-14(18(24)27-10(2)3)11-7-5-6-8-13(11)28-17/h9-10H,4-8H2,1-3H3,(H,19,23). The van der Waals surface area contributed by atoms with Crippen molar-refractivity contribution in [1.29, 1.82) is 0 Å². The van der Waals surface area contributed by atoms with E-state index in [2.05, 4.69) is 10.4 Å². The molecule has 0 fully saturated rings. The van der Waals surface area contributed by atoms with Gasteiger partial charge in [-0.2, -0.15) is 5.10 Å². The molecule has 1 aliphatic rings. The first kappa shape index (κ1) is 20.0. The molecule has 1 aliphatic carbocycles. The zero-order valence-corrected chi connectivity index (χ0v) is 16.8. The Morgan fingerprint density at radius 3 is 2.75 bits per heavy atom. The van der Waals surface area contributed by atoms with E-state index < -0.39 is 16.8 Å². The van der Waals surface area contributed by atoms with E-state index in [-0.39, 0.29) is 17.5 Å². The molecule has 0 saturated heterocycles. The van der Waals surface area contributed by atoms with Crippen LogP contribution in [0.4, 0.5) is 10.7 Å². The lowest BCUT2D eigenvalue weighted by Crippen LogP contribution is -2.18. The Kier molecular flexibility index (Phi) is 5.78. The fraction of sp³-hybridized carbons (Fsp3) is 0.500. The topological polar surface area (TPSA) is 116 Å². The van der Waals surface area contributed by atoms with Gasteiger partial charge in [-0.05, 0) is 52.0 Å². The van der Waals surface area contributed by atoms with Crippen LogP contribution >= 0.6 is 11.3 Å². The van der Waals surface area contributed by atoms with Gasteiger partial charge in [0.2, 0.25) is 5.69 Å². The second kappa shape index (κ2) is 8.09. The minimum Gasteiger partial charge on any atom is -0.459 e. The summed E-state index contributed by atoms with van der Waals surface area (Å²) in [6.45, 7) is 5.69. The molecule has 0 radical (unpaired) electrons. The molecule has 1 amide bonds. The third kappa shape index (κ3) is 3.91. The molecule has 0 aliphatic heterocycles. The molecule has 0 bridgehead atoms. The summed E-state index contributed by atoms with van der Waals surface area (Å²) in [6.07, 6.45) is 4.49. The van der Waals surface area contributed by atoms with Gasteiger partial charge in [0.05, 0.1) is 16.6 Å². The first-order valence-electron chi connectivity index (χ1n) is 9.20. The Bertz CT molecular complexity index is 931. The lowest BCUT2D eigenvalue weighted by atomic mass is 9.95. The number of carbonyl (C=O) groups is 2. The van der Waals surface area contributed by atoms with Crippen molar-refractivity contribution in [3.63, 3.8) is 0 Å². The number of thiophene rings is 1. The molecule has 2 aromatic rings. The van der Waals surface area contributed by atoms with Gasteiger partial charge in [-0.25, -0.2) is 4.79 Å². The summed E-state index contributed by atoms with van der Waals surface area (Å²) in [5.74, 6) is -1.20. The molecule has 150 valence electrons. The highest BCUT2D eigenvalue weighted by atomic mass is 32.1. The molecule has 2 aromatic heterocycles. The molecule has 0 aromatic carbocycles. The molecule has 0 unspecified atom stereocenters. The van der Waals surface area contributed by atoms with E-state index in [0.29, 0.717) is 17.1 Å². The van der Waals surface area contributed by atoms with Crippen LogP contribution in [0.1, 0.15) is 64.9 Å². The average molecular weight is 406 g/mol. The highest BCUT2D eigenvalue weighted by molar-refractivity contribution is 7.17. The van der Waals surface area contributed by atoms with Gasteiger partial charge in [0, 0.05) is 11.4 Å². The number of aromatic nitrogens is 2. The normalized spacial score (nSPS) is 13.3. The molecule has 2 heterocycles. The molecular formula is C18H22N4O5S. The third-order valence-electron chi connectivity index (χ3n) is 4.42. The fourth-order valence-corrected chi connectivity index (χ4v) is 4.45. The van der Waals surface area contributed by atoms with Crippen LogP contribution < -0.4 is 5.32 Å². The first-order chi connectivity index (χ1) is 13.3. The van der Waals surface area contributed by atoms with Crippen LogP contribution in [-0.2, 0) is 24.1 Å². The zero-order valence-electron chi connectivity index (χ0n) is 16.0. The third-order valence-corrected chi connectivity index (χ3v) is 5.63. The van der Waals surface area contributed by atoms with E-state index in [1.807, 2.05) is 0 Å². The summed E-state index contributed by atoms with van der Waals surface area (Å²) in [4.78, 5) is 37.1. The monoisotopic (exact) mass is 406 g/mol. The molecule has 0 saturated carbocycles. The molecule has 0 atom stereocenters. The minimum atomic E-state index is -0.712. The number of nitrogens with zero attached hydrogens (tertiary/aromatic N) is 3. The first-order valence-corrected chi connectivity index (χ1v) is 10.0. The predicted molar refractivity (Wildman–Crippen MR) is 104 cm³/mol. The van der Waals surface area contributed by atoms with Crippen molar-refractivity contribution in [1.82, 2.24) is 9.78 Å². The van der Waals surface area contributed by atoms with E-state index in [9.17, 15) is 19.7 Å². The molecule has 9 nitrogen and oxygen atoms in total. The Morgan fingerprint density at radius 1 is 1.39 bits per heavy atom. The number of carbonyl (C=O) groups excluding carboxylic acids is 2. The van der Waals surface area contributed by atoms with E-state index in [1.54, 1.807) is 20.8 Å². The van der Waals surface area contributed by atoms with Crippen molar-refractivity contribution in [3.8, 4) is 0 Å². The number of hydrogen-bond donors (Lipinski definition) is 1. The lowest BCUT2D eigenvalue weighted by molar-refractivity contribution is -0.385. The van der Waals surface area contributed by atoms with Gasteiger partial charge >= 0.3 is 11.7 Å². The molecule has 1 N–H and O–H groups in total. The van der Waals surface area contributed by atoms with Crippen molar-refractivity contribution in [2.75, 3.05) is 5.32 Å². The number of nitrogens with one attached hydrogen (secondary N) is 1. The number of esters is 1. The maximum Gasteiger partial charge on any atom is 0.341 e. The highest BCUT2D eigenvalue weighted by Gasteiger charge is 2.31. The fourth-order valence-electron chi connectivity index (χ4n) is 3.17. The molecule has 0 spiro atoms. The second-order valence-electron chi connectivity index (χ2n) is 6.80. The number of aryl methyl sites for hydroxylation is 2. The zero-order chi connectivity index (χ0) is 20.4. The number of amides is 1. The number of ether oxygens (including phenoxy) is 1. The van der Waals surface area contributed by atoms with Crippen molar-refractivity contribution >= 4 is 33.9 Å². The summed E-state index contributed by atoms with van der Waals surface area (Å²) in [5.41, 5.74) is 0.624. The summed E-state index contributed by atoms with van der Waals surface area (Å²) >= 11 is 1.33. The van der Waals surface area contributed by atoms with Gasteiger partial charge in [0.25, 0.3) is 5.91 Å². The summed E-state index contributed by atoms with van der Waals surface area (Å²) in [5, 5.41) is 18.3. The quantitative estimate of drug-likeness (QED) is 0.445. The van der Waals surface area contributed by atoms with Gasteiger partial charge < -0.3 is 10.1 Å². The van der Waals surface area contributed by atoms with Crippen LogP contribution in [0.3, 0.4) is 0 Å². The van der Waals surface area contributed by atoms with Crippen LogP contribution in [-0.4, -0.2) is 32.7 Å². The maximum absolute atomic E-state index is 12.7. The Hall–Kier alpha value is -2.75. The molecular weight excluding hydrogens is 384 g/mol. The number of fused-ring (bicyclic) bond motifs is 1. The van der Waals surface area contributed by atoms with Crippen LogP contribution in [0.25, 0.3) is 0 Å². The average Bonchev–Trinajstić information content (AvgIpc) is 3.22. The maximum atomic E-state index is 12.7. The van der Waals surface area contributed by atoms with Crippen molar-refractivity contribution in [2.24, 2.45) is 0 Å². The van der Waals surface area contributed by atoms with Gasteiger partial charge in [0.15, 0.2) is 0 Å². The van der Waals surface area contributed by atoms with Crippen LogP contribution in [0, 0.1) is 10.1 Å². The van der Waals surface area contributed by atoms with Gasteiger partial charge in [-0.3, -0.25) is 19.6 Å². The summed E-state index contributed by atoms with van der Waals surface area (Å²) < 4.78 is 6.69. The summed E-state index contributed by atoms with van der Waals surface area (Å²) in [7, 11) is 0. The van der Waals surface area contributed by atoms with E-state index in [0.717, 1.165) is 36.1 Å². The van der Waals surface area contributed by atoms with E-state index in [1.165, 1.54) is 22.2 Å². The second-order valence-corrected chi connectivity index (χ2v) is 7.90. The Morgan fingerprint density at radius 2 is 2.11 bits per heavy atom. The SMILES string of the molecule is CCn1cc([N+](=O)[O-])c(C(=O)Nc2sc3c(c2C(=O)OC(C)C)CCCC3)n1. The van der Waals surface area contributed by atoms with Crippen molar-refractivity contribution < 1.29 is 19.2 Å². The van der Waals surface area contributed by atoms with Crippen LogP contribution in [0.2, 0.25) is 0 Å². The molecule has 10 heteroatoms. The smallest absolute Gasteiger partial charge is 0.341 e. The minimum absolute atomic E-state index is 0.276. The largest absolute Gasteiger partial charge is 0.459 e. The number of nitro groups is 1. The number of rotatable bonds is 6. The number of anilines is 1. The Balaban J connectivity index is 1.97. The molecule has 3 rings (SSSR count). The van der Waals surface area contributed by atoms with Gasteiger partial charge in [0.1, 0.15) is 11.2 Å². The van der Waals surface area contributed by atoms with Crippen LogP contribution in [0.5, 0.6) is 0 Å². The van der Waals surface area contributed by atoms with Crippen molar-refractivity contribution in [2.45, 2.75) is 59.1 Å². The van der Waals surface area contributed by atoms with Gasteiger partial charge in [-0.15, -0.1) is 11.3 Å². The van der Waals surface area contributed by atoms with E-state index in [4.69, 9.17) is 4.74 Å². The van der Waals surface area contributed by atoms with E-state index >= 15 is 0 Å². The lowest BCUT2D eigenvalue weighted by Gasteiger charge is -2.14. The van der Waals surface area contributed by atoms with Crippen LogP contribution in [0.15, 0.2) is 6.20 Å². The highest BCUT2D eigenvalue weighted by Crippen LogP contribution is 2.39. The predicted octanol–water partition coefficient (Wildman–Crippen LogP) is 3.57. The Labute approximate surface area is 165 Å². The summed E-state index contributed by atoms with van der Waals surface area (Å²) in [6, 6.07) is 0.